The molecule has 0 bridgehead atoms. The van der Waals surface area contributed by atoms with Gasteiger partial charge in [-0.25, -0.2) is 0 Å². The molecule has 5 nitrogen and oxygen atoms in total. The monoisotopic (exact) mass is 714 g/mol. The first-order valence-electron chi connectivity index (χ1n) is 18.4. The van der Waals surface area contributed by atoms with Crippen molar-refractivity contribution in [2.75, 3.05) is 26.9 Å². The number of benzene rings is 6. The molecule has 0 heterocycles. The number of rotatable bonds is 13. The number of aryl methyl sites for hydroxylation is 1. The van der Waals surface area contributed by atoms with Gasteiger partial charge in [-0.2, -0.15) is 0 Å². The largest absolute Gasteiger partial charge is 0.496 e. The standard InChI is InChI=1S/C14H14O.C12H10O.C10H14O.C8H10O.C4H10O/c1-3-7-13(8-4-1)11-15-12-14-9-5-2-6-10-14;1-3-7-11(8-4-1)13-12-9-5-2-6-10-12;1-2-3-9-11-10-7-5-4-6-8-10;1-7-5-3-4-6-8(7)9-2;1-3-5-4-2/h1-10H,11-12H2;1-10H;4-8H,2-3,9H2,1H3;3-6H,1-2H3;3-4H2,1-2H3. The third kappa shape index (κ3) is 22.2. The van der Waals surface area contributed by atoms with Crippen molar-refractivity contribution in [3.05, 3.63) is 193 Å². The lowest BCUT2D eigenvalue weighted by Crippen LogP contribution is -1.95. The Hall–Kier alpha value is -5.36. The quantitative estimate of drug-likeness (QED) is 0.111. The topological polar surface area (TPSA) is 46.2 Å². The maximum Gasteiger partial charge on any atom is 0.127 e. The summed E-state index contributed by atoms with van der Waals surface area (Å²) in [5.41, 5.74) is 3.61. The molecule has 0 saturated heterocycles. The highest BCUT2D eigenvalue weighted by atomic mass is 16.5. The van der Waals surface area contributed by atoms with Crippen molar-refractivity contribution in [3.63, 3.8) is 0 Å². The van der Waals surface area contributed by atoms with Gasteiger partial charge in [0, 0.05) is 13.2 Å². The molecule has 0 aliphatic carbocycles. The summed E-state index contributed by atoms with van der Waals surface area (Å²) < 4.78 is 26.5. The molecule has 280 valence electrons. The first-order chi connectivity index (χ1) is 26.1. The Labute approximate surface area is 319 Å². The molecule has 0 fully saturated rings. The molecule has 6 aromatic carbocycles. The maximum atomic E-state index is 5.61. The normalized spacial score (nSPS) is 9.53. The van der Waals surface area contributed by atoms with E-state index in [1.54, 1.807) is 7.11 Å². The summed E-state index contributed by atoms with van der Waals surface area (Å²) in [6.07, 6.45) is 2.32. The first kappa shape index (κ1) is 43.8. The molecule has 53 heavy (non-hydrogen) atoms. The van der Waals surface area contributed by atoms with E-state index in [9.17, 15) is 0 Å². The summed E-state index contributed by atoms with van der Waals surface area (Å²) in [4.78, 5) is 0. The molecule has 6 aromatic rings. The van der Waals surface area contributed by atoms with E-state index in [4.69, 9.17) is 23.7 Å². The lowest BCUT2D eigenvalue weighted by atomic mass is 10.2. The molecule has 5 heteroatoms. The summed E-state index contributed by atoms with van der Waals surface area (Å²) in [7, 11) is 1.68. The van der Waals surface area contributed by atoms with Gasteiger partial charge in [-0.1, -0.05) is 147 Å². The van der Waals surface area contributed by atoms with Gasteiger partial charge < -0.3 is 23.7 Å². The van der Waals surface area contributed by atoms with E-state index in [2.05, 4.69) is 31.2 Å². The van der Waals surface area contributed by atoms with Crippen LogP contribution in [-0.2, 0) is 22.7 Å². The minimum Gasteiger partial charge on any atom is -0.496 e. The van der Waals surface area contributed by atoms with Gasteiger partial charge in [-0.05, 0) is 86.3 Å². The lowest BCUT2D eigenvalue weighted by Gasteiger charge is -2.03. The van der Waals surface area contributed by atoms with Crippen molar-refractivity contribution in [2.24, 2.45) is 0 Å². The van der Waals surface area contributed by atoms with Crippen molar-refractivity contribution in [2.45, 2.75) is 53.8 Å². The molecule has 0 saturated carbocycles. The Kier molecular flexibility index (Phi) is 25.0. The highest BCUT2D eigenvalue weighted by Crippen LogP contribution is 2.19. The fourth-order valence-electron chi connectivity index (χ4n) is 4.39. The summed E-state index contributed by atoms with van der Waals surface area (Å²) in [6.45, 7) is 12.0. The van der Waals surface area contributed by atoms with Crippen molar-refractivity contribution in [1.82, 2.24) is 0 Å². The van der Waals surface area contributed by atoms with Crippen LogP contribution in [0.3, 0.4) is 0 Å². The highest BCUT2D eigenvalue weighted by Gasteiger charge is 1.95. The fraction of sp³-hybridized carbons (Fsp3) is 0.250. The second-order valence-corrected chi connectivity index (χ2v) is 11.5. The van der Waals surface area contributed by atoms with E-state index >= 15 is 0 Å². The molecular formula is C48H58O5. The van der Waals surface area contributed by atoms with Crippen molar-refractivity contribution in [1.29, 1.82) is 0 Å². The van der Waals surface area contributed by atoms with Crippen molar-refractivity contribution < 1.29 is 23.7 Å². The van der Waals surface area contributed by atoms with Crippen molar-refractivity contribution in [3.8, 4) is 23.0 Å². The number of hydrogen-bond donors (Lipinski definition) is 0. The molecule has 6 rings (SSSR count). The minimum absolute atomic E-state index is 0.676. The van der Waals surface area contributed by atoms with Crippen LogP contribution in [0.5, 0.6) is 23.0 Å². The Morgan fingerprint density at radius 1 is 0.434 bits per heavy atom. The fourth-order valence-corrected chi connectivity index (χ4v) is 4.39. The Morgan fingerprint density at radius 2 is 0.830 bits per heavy atom. The number of hydrogen-bond acceptors (Lipinski definition) is 5. The third-order valence-electron chi connectivity index (χ3n) is 7.18. The average Bonchev–Trinajstić information content (AvgIpc) is 3.22. The molecule has 0 aromatic heterocycles. The van der Waals surface area contributed by atoms with Crippen molar-refractivity contribution >= 4 is 0 Å². The Bertz CT molecular complexity index is 1570. The molecular weight excluding hydrogens is 657 g/mol. The van der Waals surface area contributed by atoms with Gasteiger partial charge >= 0.3 is 0 Å². The van der Waals surface area contributed by atoms with Crippen LogP contribution >= 0.6 is 0 Å². The second kappa shape index (κ2) is 30.3. The zero-order valence-corrected chi connectivity index (χ0v) is 32.2. The zero-order valence-electron chi connectivity index (χ0n) is 32.2. The highest BCUT2D eigenvalue weighted by molar-refractivity contribution is 5.32. The van der Waals surface area contributed by atoms with Crippen LogP contribution in [0.15, 0.2) is 176 Å². The van der Waals surface area contributed by atoms with Gasteiger partial charge in [0.15, 0.2) is 0 Å². The van der Waals surface area contributed by atoms with Gasteiger partial charge in [-0.15, -0.1) is 0 Å². The predicted octanol–water partition coefficient (Wildman–Crippen LogP) is 12.8. The second-order valence-electron chi connectivity index (χ2n) is 11.5. The maximum absolute atomic E-state index is 5.61. The SMILES string of the molecule is CCCCOc1ccccc1.CCOCC.COc1ccccc1C.c1ccc(COCc2ccccc2)cc1.c1ccc(Oc2ccccc2)cc1. The van der Waals surface area contributed by atoms with Crippen LogP contribution in [0.25, 0.3) is 0 Å². The van der Waals surface area contributed by atoms with Crippen LogP contribution in [0.2, 0.25) is 0 Å². The third-order valence-corrected chi connectivity index (χ3v) is 7.18. The average molecular weight is 715 g/mol. The van der Waals surface area contributed by atoms with Gasteiger partial charge in [0.1, 0.15) is 23.0 Å². The molecule has 0 radical (unpaired) electrons. The molecule has 0 spiro atoms. The molecule has 0 atom stereocenters. The molecule has 0 aliphatic heterocycles. The van der Waals surface area contributed by atoms with E-state index < -0.39 is 0 Å². The van der Waals surface area contributed by atoms with Gasteiger partial charge in [0.25, 0.3) is 0 Å². The summed E-state index contributed by atoms with van der Waals surface area (Å²) in [5.74, 6) is 3.67. The smallest absolute Gasteiger partial charge is 0.127 e. The number of methoxy groups -OCH3 is 1. The van der Waals surface area contributed by atoms with E-state index in [-0.39, 0.29) is 0 Å². The lowest BCUT2D eigenvalue weighted by molar-refractivity contribution is 0.107. The van der Waals surface area contributed by atoms with Crippen LogP contribution in [0.4, 0.5) is 0 Å². The first-order valence-corrected chi connectivity index (χ1v) is 18.4. The van der Waals surface area contributed by atoms with Crippen LogP contribution in [0.1, 0.15) is 50.3 Å². The molecule has 0 N–H and O–H groups in total. The zero-order chi connectivity index (χ0) is 38.0. The minimum atomic E-state index is 0.676. The number of para-hydroxylation sites is 4. The Morgan fingerprint density at radius 3 is 1.19 bits per heavy atom. The van der Waals surface area contributed by atoms with Gasteiger partial charge in [0.2, 0.25) is 0 Å². The Balaban J connectivity index is 0.000000238. The summed E-state index contributed by atoms with van der Waals surface area (Å²) >= 11 is 0. The van der Waals surface area contributed by atoms with E-state index in [0.29, 0.717) is 13.2 Å². The number of unbranched alkanes of at least 4 members (excludes halogenated alkanes) is 1. The summed E-state index contributed by atoms with van der Waals surface area (Å²) in [5, 5.41) is 0. The molecule has 0 aliphatic rings. The van der Waals surface area contributed by atoms with Gasteiger partial charge in [-0.3, -0.25) is 0 Å². The van der Waals surface area contributed by atoms with E-state index in [0.717, 1.165) is 49.2 Å². The van der Waals surface area contributed by atoms with Crippen LogP contribution < -0.4 is 14.2 Å². The van der Waals surface area contributed by atoms with Crippen LogP contribution in [0, 0.1) is 6.92 Å². The van der Waals surface area contributed by atoms with E-state index in [1.165, 1.54) is 23.1 Å². The van der Waals surface area contributed by atoms with Gasteiger partial charge in [0.05, 0.1) is 26.9 Å². The molecule has 0 unspecified atom stereocenters. The summed E-state index contributed by atoms with van der Waals surface area (Å²) in [6, 6.07) is 57.8. The molecule has 0 amide bonds. The van der Waals surface area contributed by atoms with E-state index in [1.807, 2.05) is 172 Å². The van der Waals surface area contributed by atoms with Crippen LogP contribution in [-0.4, -0.2) is 26.9 Å². The predicted molar refractivity (Wildman–Crippen MR) is 221 cm³/mol. The number of ether oxygens (including phenoxy) is 5.